The van der Waals surface area contributed by atoms with Gasteiger partial charge in [0, 0.05) is 48.9 Å². The molecule has 0 unspecified atom stereocenters. The van der Waals surface area contributed by atoms with Gasteiger partial charge in [0.05, 0.1) is 11.3 Å². The third-order valence-corrected chi connectivity index (χ3v) is 10.5. The average molecular weight is 867 g/mol. The Morgan fingerprint density at radius 3 is 2.12 bits per heavy atom. The SMILES string of the molecule is CC(C)Cc1cnc2c(-c3cc(-c4[c-]c5ccccc5c(C(C)(C)C)c4)ncn3)coc2c1.CCC(C)(CC)C(=O)/C=C(\O)C(C)(CC)CC.[Ir]. The summed E-state index contributed by atoms with van der Waals surface area (Å²) in [6.45, 7) is 23.2. The molecular weight excluding hydrogens is 811 g/mol. The molecule has 6 nitrogen and oxygen atoms in total. The molecule has 7 heteroatoms. The summed E-state index contributed by atoms with van der Waals surface area (Å²) in [6, 6.07) is 18.3. The standard InChI is InChI=1S/C29H28N3O.C15H28O2.Ir/c1-18(2)10-19-11-27-28(30-15-19)23(16-33-27)26-14-25(31-17-32-26)21-12-20-8-6-7-9-22(20)24(13-21)29(3,4)5;1-7-14(5,8-2)12(16)11-13(17)15(6,9-3)10-4;/h6-9,11,13-18H,10H2,1-5H3;11,16H,7-10H2,1-6H3;/q-1;;/b;12-11-;. The molecule has 0 aliphatic carbocycles. The minimum Gasteiger partial charge on any atom is -0.512 e. The predicted molar refractivity (Wildman–Crippen MR) is 207 cm³/mol. The van der Waals surface area contributed by atoms with Crippen LogP contribution < -0.4 is 0 Å². The molecule has 3 aromatic heterocycles. The Labute approximate surface area is 319 Å². The van der Waals surface area contributed by atoms with Gasteiger partial charge in [0.25, 0.3) is 0 Å². The molecule has 1 N–H and O–H groups in total. The third kappa shape index (κ3) is 9.61. The van der Waals surface area contributed by atoms with E-state index in [1.54, 1.807) is 12.6 Å². The van der Waals surface area contributed by atoms with Crippen LogP contribution in [0.15, 0.2) is 77.5 Å². The minimum atomic E-state index is -0.337. The molecule has 0 saturated heterocycles. The van der Waals surface area contributed by atoms with Gasteiger partial charge in [-0.15, -0.1) is 29.1 Å². The summed E-state index contributed by atoms with van der Waals surface area (Å²) in [4.78, 5) is 26.0. The van der Waals surface area contributed by atoms with Crippen molar-refractivity contribution in [3.63, 3.8) is 0 Å². The fraction of sp³-hybridized carbons (Fsp3) is 0.455. The Morgan fingerprint density at radius 1 is 0.882 bits per heavy atom. The summed E-state index contributed by atoms with van der Waals surface area (Å²) >= 11 is 0. The first kappa shape index (κ1) is 41.7. The van der Waals surface area contributed by atoms with Crippen molar-refractivity contribution in [1.82, 2.24) is 15.0 Å². The van der Waals surface area contributed by atoms with E-state index in [1.807, 2.05) is 53.8 Å². The molecule has 5 aromatic rings. The molecule has 275 valence electrons. The van der Waals surface area contributed by atoms with Crippen LogP contribution in [0.5, 0.6) is 0 Å². The molecule has 5 rings (SSSR count). The van der Waals surface area contributed by atoms with Crippen molar-refractivity contribution >= 4 is 27.7 Å². The van der Waals surface area contributed by atoms with E-state index < -0.39 is 0 Å². The Kier molecular flexibility index (Phi) is 14.1. The maximum atomic E-state index is 12.2. The summed E-state index contributed by atoms with van der Waals surface area (Å²) in [5.74, 6) is 0.855. The molecule has 1 radical (unpaired) electrons. The zero-order valence-electron chi connectivity index (χ0n) is 32.4. The first-order valence-electron chi connectivity index (χ1n) is 18.2. The number of carbonyl (C=O) groups excluding carboxylic acids is 1. The van der Waals surface area contributed by atoms with Crippen LogP contribution in [0.4, 0.5) is 0 Å². The van der Waals surface area contributed by atoms with E-state index in [0.717, 1.165) is 71.1 Å². The first-order chi connectivity index (χ1) is 23.6. The number of fused-ring (bicyclic) bond motifs is 2. The monoisotopic (exact) mass is 867 g/mol. The number of pyridine rings is 1. The second-order valence-corrected chi connectivity index (χ2v) is 15.5. The zero-order valence-corrected chi connectivity index (χ0v) is 34.8. The molecule has 0 fully saturated rings. The number of hydrogen-bond donors (Lipinski definition) is 1. The predicted octanol–water partition coefficient (Wildman–Crippen LogP) is 12.0. The number of furan rings is 1. The fourth-order valence-electron chi connectivity index (χ4n) is 6.04. The van der Waals surface area contributed by atoms with Gasteiger partial charge in [0.1, 0.15) is 23.9 Å². The van der Waals surface area contributed by atoms with Crippen molar-refractivity contribution in [1.29, 1.82) is 0 Å². The van der Waals surface area contributed by atoms with Crippen LogP contribution in [0, 0.1) is 22.8 Å². The van der Waals surface area contributed by atoms with E-state index in [-0.39, 0.29) is 47.9 Å². The van der Waals surface area contributed by atoms with Crippen molar-refractivity contribution in [2.45, 2.75) is 114 Å². The van der Waals surface area contributed by atoms with E-state index >= 15 is 0 Å². The number of ketones is 1. The van der Waals surface area contributed by atoms with Crippen LogP contribution >= 0.6 is 0 Å². The molecule has 0 saturated carbocycles. The molecule has 0 spiro atoms. The van der Waals surface area contributed by atoms with Gasteiger partial charge < -0.3 is 9.52 Å². The van der Waals surface area contributed by atoms with Gasteiger partial charge in [-0.05, 0) is 61.1 Å². The van der Waals surface area contributed by atoms with Gasteiger partial charge in [0.15, 0.2) is 11.4 Å². The Hall–Kier alpha value is -3.67. The summed E-state index contributed by atoms with van der Waals surface area (Å²) in [5.41, 5.74) is 6.93. The number of aliphatic hydroxyl groups excluding tert-OH is 1. The van der Waals surface area contributed by atoms with Crippen molar-refractivity contribution in [2.24, 2.45) is 16.7 Å². The molecule has 0 amide bonds. The van der Waals surface area contributed by atoms with Crippen LogP contribution in [0.3, 0.4) is 0 Å². The molecule has 51 heavy (non-hydrogen) atoms. The average Bonchev–Trinajstić information content (AvgIpc) is 3.53. The molecule has 0 aliphatic rings. The number of aliphatic hydroxyl groups is 1. The summed E-state index contributed by atoms with van der Waals surface area (Å²) < 4.78 is 5.86. The zero-order chi connectivity index (χ0) is 36.9. The van der Waals surface area contributed by atoms with Gasteiger partial charge in [-0.25, -0.2) is 4.98 Å². The van der Waals surface area contributed by atoms with Crippen LogP contribution in [0.1, 0.15) is 113 Å². The molecule has 0 atom stereocenters. The van der Waals surface area contributed by atoms with Gasteiger partial charge in [0.2, 0.25) is 0 Å². The topological polar surface area (TPSA) is 89.1 Å². The minimum absolute atomic E-state index is 0. The van der Waals surface area contributed by atoms with E-state index in [2.05, 4.69) is 87.1 Å². The van der Waals surface area contributed by atoms with E-state index in [0.29, 0.717) is 5.92 Å². The fourth-order valence-corrected chi connectivity index (χ4v) is 6.04. The summed E-state index contributed by atoms with van der Waals surface area (Å²) in [6.07, 6.45) is 11.0. The van der Waals surface area contributed by atoms with Crippen LogP contribution in [-0.4, -0.2) is 25.8 Å². The van der Waals surface area contributed by atoms with E-state index in [4.69, 9.17) is 9.40 Å². The van der Waals surface area contributed by atoms with Gasteiger partial charge >= 0.3 is 0 Å². The summed E-state index contributed by atoms with van der Waals surface area (Å²) in [7, 11) is 0. The van der Waals surface area contributed by atoms with Crippen molar-refractivity contribution in [2.75, 3.05) is 0 Å². The molecule has 0 aliphatic heterocycles. The maximum Gasteiger partial charge on any atom is 0.164 e. The van der Waals surface area contributed by atoms with Gasteiger partial charge in [-0.3, -0.25) is 14.8 Å². The number of carbonyl (C=O) groups is 1. The van der Waals surface area contributed by atoms with Crippen molar-refractivity contribution < 1.29 is 34.4 Å². The van der Waals surface area contributed by atoms with Gasteiger partial charge in [-0.1, -0.05) is 105 Å². The summed E-state index contributed by atoms with van der Waals surface area (Å²) in [5, 5.41) is 12.5. The Balaban J connectivity index is 0.000000335. The maximum absolute atomic E-state index is 12.2. The number of aromatic nitrogens is 3. The van der Waals surface area contributed by atoms with E-state index in [1.165, 1.54) is 22.6 Å². The normalized spacial score (nSPS) is 12.5. The number of rotatable bonds is 11. The molecule has 2 aromatic carbocycles. The molecule has 0 bridgehead atoms. The Morgan fingerprint density at radius 2 is 1.51 bits per heavy atom. The van der Waals surface area contributed by atoms with Crippen LogP contribution in [0.2, 0.25) is 0 Å². The number of allylic oxidation sites excluding steroid dienone is 2. The van der Waals surface area contributed by atoms with E-state index in [9.17, 15) is 9.90 Å². The number of hydrogen-bond acceptors (Lipinski definition) is 6. The largest absolute Gasteiger partial charge is 0.512 e. The quantitative estimate of drug-likeness (QED) is 0.0808. The second kappa shape index (κ2) is 17.2. The molecular formula is C44H56IrN3O3-. The van der Waals surface area contributed by atoms with Crippen LogP contribution in [-0.2, 0) is 36.7 Å². The van der Waals surface area contributed by atoms with Crippen molar-refractivity contribution in [3.8, 4) is 22.5 Å². The number of nitrogens with zero attached hydrogens (tertiary/aromatic N) is 3. The Bertz CT molecular complexity index is 1960. The van der Waals surface area contributed by atoms with Crippen molar-refractivity contribution in [3.05, 3.63) is 90.3 Å². The van der Waals surface area contributed by atoms with Gasteiger partial charge in [-0.2, -0.15) is 0 Å². The van der Waals surface area contributed by atoms with Crippen LogP contribution in [0.25, 0.3) is 44.4 Å². The third-order valence-electron chi connectivity index (χ3n) is 10.5. The molecule has 3 heterocycles. The first-order valence-corrected chi connectivity index (χ1v) is 18.2. The smallest absolute Gasteiger partial charge is 0.164 e. The second-order valence-electron chi connectivity index (χ2n) is 15.5. The number of benzene rings is 2.